The molecule has 0 unspecified atom stereocenters. The van der Waals surface area contributed by atoms with E-state index in [4.69, 9.17) is 10.5 Å². The molecule has 0 aliphatic carbocycles. The van der Waals surface area contributed by atoms with Crippen LogP contribution in [-0.2, 0) is 0 Å². The number of nitrogens with two attached hydrogens (primary N) is 1. The summed E-state index contributed by atoms with van der Waals surface area (Å²) >= 11 is 0. The Morgan fingerprint density at radius 1 is 0.917 bits per heavy atom. The van der Waals surface area contributed by atoms with Crippen molar-refractivity contribution in [2.45, 2.75) is 27.2 Å². The zero-order valence-electron chi connectivity index (χ0n) is 14.7. The molecule has 0 radical (unpaired) electrons. The average Bonchev–Trinajstić information content (AvgIpc) is 2.62. The monoisotopic (exact) mass is 326 g/mol. The molecule has 128 valence electrons. The third kappa shape index (κ3) is 4.72. The van der Waals surface area contributed by atoms with Crippen LogP contribution in [0.1, 0.15) is 27.2 Å². The van der Waals surface area contributed by atoms with Crippen LogP contribution in [-0.4, -0.2) is 19.7 Å². The van der Waals surface area contributed by atoms with Gasteiger partial charge in [0.25, 0.3) is 0 Å². The summed E-state index contributed by atoms with van der Waals surface area (Å²) in [5, 5.41) is 8.57. The van der Waals surface area contributed by atoms with Gasteiger partial charge in [-0.15, -0.1) is 0 Å². The predicted octanol–water partition coefficient (Wildman–Crippen LogP) is 5.32. The van der Waals surface area contributed by atoms with E-state index in [1.165, 1.54) is 5.69 Å². The van der Waals surface area contributed by atoms with Crippen LogP contribution in [0, 0.1) is 0 Å². The molecule has 0 aliphatic heterocycles. The first-order valence-electron chi connectivity index (χ1n) is 8.47. The molecule has 0 fully saturated rings. The van der Waals surface area contributed by atoms with Crippen molar-refractivity contribution < 1.29 is 4.74 Å². The first kappa shape index (κ1) is 17.8. The van der Waals surface area contributed by atoms with E-state index in [1.807, 2.05) is 24.3 Å². The van der Waals surface area contributed by atoms with Crippen LogP contribution in [0.3, 0.4) is 0 Å². The van der Waals surface area contributed by atoms with Gasteiger partial charge in [-0.25, -0.2) is 0 Å². The Kier molecular flexibility index (Phi) is 6.61. The second-order valence-corrected chi connectivity index (χ2v) is 5.46. The van der Waals surface area contributed by atoms with Gasteiger partial charge in [0.1, 0.15) is 5.75 Å². The largest absolute Gasteiger partial charge is 0.491 e. The van der Waals surface area contributed by atoms with Crippen molar-refractivity contribution in [1.82, 2.24) is 0 Å². The van der Waals surface area contributed by atoms with E-state index in [0.717, 1.165) is 30.9 Å². The normalized spacial score (nSPS) is 11.0. The number of rotatable bonds is 8. The van der Waals surface area contributed by atoms with Gasteiger partial charge in [0.2, 0.25) is 0 Å². The Hall–Kier alpha value is -2.56. The van der Waals surface area contributed by atoms with Gasteiger partial charge >= 0.3 is 0 Å². The maximum atomic E-state index is 5.91. The fourth-order valence-electron chi connectivity index (χ4n) is 2.36. The zero-order chi connectivity index (χ0) is 17.4. The lowest BCUT2D eigenvalue weighted by molar-refractivity contribution is 0.319. The summed E-state index contributed by atoms with van der Waals surface area (Å²) in [4.78, 5) is 2.29. The minimum atomic E-state index is 0.617. The van der Waals surface area contributed by atoms with Crippen molar-refractivity contribution in [2.24, 2.45) is 10.2 Å². The molecule has 2 aromatic rings. The molecule has 0 spiro atoms. The van der Waals surface area contributed by atoms with Gasteiger partial charge in [0.05, 0.1) is 23.7 Å². The van der Waals surface area contributed by atoms with Gasteiger partial charge in [-0.1, -0.05) is 6.92 Å². The maximum Gasteiger partial charge on any atom is 0.144 e. The van der Waals surface area contributed by atoms with Gasteiger partial charge in [-0.2, -0.15) is 10.2 Å². The number of anilines is 2. The second-order valence-electron chi connectivity index (χ2n) is 5.46. The van der Waals surface area contributed by atoms with Crippen LogP contribution >= 0.6 is 0 Å². The molecule has 0 saturated carbocycles. The topological polar surface area (TPSA) is 63.2 Å². The molecule has 2 aromatic carbocycles. The third-order valence-corrected chi connectivity index (χ3v) is 3.72. The lowest BCUT2D eigenvalue weighted by atomic mass is 10.2. The SMILES string of the molecule is CCCOc1cc(N=Nc2ccc(N(CC)CC)cc2)ccc1N. The molecule has 2 N–H and O–H groups in total. The molecule has 0 saturated heterocycles. The summed E-state index contributed by atoms with van der Waals surface area (Å²) in [6.45, 7) is 8.97. The number of hydrogen-bond donors (Lipinski definition) is 1. The van der Waals surface area contributed by atoms with Crippen LogP contribution in [0.2, 0.25) is 0 Å². The Bertz CT molecular complexity index is 664. The van der Waals surface area contributed by atoms with Crippen LogP contribution in [0.25, 0.3) is 0 Å². The maximum absolute atomic E-state index is 5.91. The molecule has 24 heavy (non-hydrogen) atoms. The molecule has 0 heterocycles. The van der Waals surface area contributed by atoms with Crippen LogP contribution < -0.4 is 15.4 Å². The predicted molar refractivity (Wildman–Crippen MR) is 101 cm³/mol. The quantitative estimate of drug-likeness (QED) is 0.527. The molecule has 0 atom stereocenters. The van der Waals surface area contributed by atoms with E-state index in [2.05, 4.69) is 48.0 Å². The number of nitrogens with zero attached hydrogens (tertiary/aromatic N) is 3. The van der Waals surface area contributed by atoms with Crippen molar-refractivity contribution in [3.8, 4) is 5.75 Å². The molecule has 0 amide bonds. The first-order valence-corrected chi connectivity index (χ1v) is 8.47. The summed E-state index contributed by atoms with van der Waals surface area (Å²) < 4.78 is 5.61. The molecule has 5 nitrogen and oxygen atoms in total. The number of azo groups is 1. The Balaban J connectivity index is 2.10. The average molecular weight is 326 g/mol. The zero-order valence-corrected chi connectivity index (χ0v) is 14.7. The highest BCUT2D eigenvalue weighted by Gasteiger charge is 2.03. The van der Waals surface area contributed by atoms with Crippen LogP contribution in [0.15, 0.2) is 52.7 Å². The summed E-state index contributed by atoms with van der Waals surface area (Å²) in [5.74, 6) is 0.658. The molecular weight excluding hydrogens is 300 g/mol. The molecule has 2 rings (SSSR count). The fraction of sp³-hybridized carbons (Fsp3) is 0.368. The molecule has 0 aromatic heterocycles. The summed E-state index contributed by atoms with van der Waals surface area (Å²) in [6.07, 6.45) is 0.935. The summed E-state index contributed by atoms with van der Waals surface area (Å²) in [5.41, 5.74) is 9.26. The van der Waals surface area contributed by atoms with E-state index in [1.54, 1.807) is 6.07 Å². The summed E-state index contributed by atoms with van der Waals surface area (Å²) in [7, 11) is 0. The number of benzene rings is 2. The second kappa shape index (κ2) is 8.91. The minimum Gasteiger partial charge on any atom is -0.491 e. The van der Waals surface area contributed by atoms with Gasteiger partial charge in [0.15, 0.2) is 0 Å². The van der Waals surface area contributed by atoms with Gasteiger partial charge < -0.3 is 15.4 Å². The molecule has 0 aliphatic rings. The fourth-order valence-corrected chi connectivity index (χ4v) is 2.36. The number of nitrogen functional groups attached to an aromatic ring is 1. The Morgan fingerprint density at radius 3 is 2.17 bits per heavy atom. The highest BCUT2D eigenvalue weighted by molar-refractivity contribution is 5.59. The van der Waals surface area contributed by atoms with Crippen LogP contribution in [0.4, 0.5) is 22.7 Å². The van der Waals surface area contributed by atoms with Crippen molar-refractivity contribution >= 4 is 22.7 Å². The smallest absolute Gasteiger partial charge is 0.144 e. The highest BCUT2D eigenvalue weighted by Crippen LogP contribution is 2.29. The first-order chi connectivity index (χ1) is 11.7. The van der Waals surface area contributed by atoms with Crippen molar-refractivity contribution in [3.05, 3.63) is 42.5 Å². The third-order valence-electron chi connectivity index (χ3n) is 3.72. The lowest BCUT2D eigenvalue weighted by Gasteiger charge is -2.20. The van der Waals surface area contributed by atoms with Gasteiger partial charge in [-0.05, 0) is 56.7 Å². The molecule has 0 bridgehead atoms. The van der Waals surface area contributed by atoms with E-state index < -0.39 is 0 Å². The van der Waals surface area contributed by atoms with Gasteiger partial charge in [0, 0.05) is 24.8 Å². The van der Waals surface area contributed by atoms with E-state index in [-0.39, 0.29) is 0 Å². The van der Waals surface area contributed by atoms with E-state index in [9.17, 15) is 0 Å². The number of ether oxygens (including phenoxy) is 1. The summed E-state index contributed by atoms with van der Waals surface area (Å²) in [6, 6.07) is 13.5. The Morgan fingerprint density at radius 2 is 1.54 bits per heavy atom. The van der Waals surface area contributed by atoms with Crippen molar-refractivity contribution in [1.29, 1.82) is 0 Å². The van der Waals surface area contributed by atoms with Crippen molar-refractivity contribution in [3.63, 3.8) is 0 Å². The standard InChI is InChI=1S/C19H26N4O/c1-4-13-24-19-14-16(9-12-18(19)20)22-21-15-7-10-17(11-8-15)23(5-2)6-3/h7-12,14H,4-6,13,20H2,1-3H3. The molecular formula is C19H26N4O. The lowest BCUT2D eigenvalue weighted by Crippen LogP contribution is -2.21. The van der Waals surface area contributed by atoms with E-state index in [0.29, 0.717) is 18.0 Å². The van der Waals surface area contributed by atoms with E-state index >= 15 is 0 Å². The Labute approximate surface area is 144 Å². The highest BCUT2D eigenvalue weighted by atomic mass is 16.5. The van der Waals surface area contributed by atoms with Gasteiger partial charge in [-0.3, -0.25) is 0 Å². The number of hydrogen-bond acceptors (Lipinski definition) is 5. The van der Waals surface area contributed by atoms with Crippen molar-refractivity contribution in [2.75, 3.05) is 30.3 Å². The van der Waals surface area contributed by atoms with Crippen LogP contribution in [0.5, 0.6) is 5.75 Å². The molecule has 5 heteroatoms. The minimum absolute atomic E-state index is 0.617.